The lowest BCUT2D eigenvalue weighted by Gasteiger charge is -2.30. The Labute approximate surface area is 180 Å². The Morgan fingerprint density at radius 1 is 1.23 bits per heavy atom. The zero-order chi connectivity index (χ0) is 21.8. The summed E-state index contributed by atoms with van der Waals surface area (Å²) in [6.07, 6.45) is 1.78. The van der Waals surface area contributed by atoms with E-state index in [1.807, 2.05) is 0 Å². The second kappa shape index (κ2) is 9.15. The number of piperidine rings is 1. The maximum Gasteiger partial charge on any atom is 0.231 e. The van der Waals surface area contributed by atoms with E-state index in [1.165, 1.54) is 19.2 Å². The normalized spacial score (nSPS) is 17.5. The summed E-state index contributed by atoms with van der Waals surface area (Å²) in [5.41, 5.74) is 0.562. The highest BCUT2D eigenvalue weighted by molar-refractivity contribution is 7.91. The monoisotopic (exact) mass is 445 g/mol. The summed E-state index contributed by atoms with van der Waals surface area (Å²) < 4.78 is 49.5. The molecule has 7 nitrogen and oxygen atoms in total. The third-order valence-electron chi connectivity index (χ3n) is 5.46. The van der Waals surface area contributed by atoms with E-state index in [0.29, 0.717) is 36.1 Å². The van der Waals surface area contributed by atoms with Crippen LogP contribution in [0.5, 0.6) is 5.75 Å². The van der Waals surface area contributed by atoms with Crippen molar-refractivity contribution in [1.82, 2.24) is 15.0 Å². The maximum atomic E-state index is 13.5. The third kappa shape index (κ3) is 5.11. The van der Waals surface area contributed by atoms with Gasteiger partial charge in [0.25, 0.3) is 0 Å². The average molecular weight is 446 g/mol. The van der Waals surface area contributed by atoms with E-state index >= 15 is 0 Å². The second-order valence-electron chi connectivity index (χ2n) is 7.60. The van der Waals surface area contributed by atoms with Crippen molar-refractivity contribution in [3.05, 3.63) is 60.2 Å². The second-order valence-corrected chi connectivity index (χ2v) is 9.71. The number of rotatable bonds is 7. The van der Waals surface area contributed by atoms with E-state index in [0.717, 1.165) is 19.4 Å². The van der Waals surface area contributed by atoms with Gasteiger partial charge in [0.05, 0.1) is 23.7 Å². The largest absolute Gasteiger partial charge is 0.497 e. The number of ether oxygens (including phenoxy) is 1. The summed E-state index contributed by atoms with van der Waals surface area (Å²) in [4.78, 5) is 6.82. The summed E-state index contributed by atoms with van der Waals surface area (Å²) in [7, 11) is -1.91. The first-order valence-electron chi connectivity index (χ1n) is 10.1. The van der Waals surface area contributed by atoms with Crippen LogP contribution in [0.2, 0.25) is 0 Å². The fraction of sp³-hybridized carbons (Fsp3) is 0.364. The Bertz CT molecular complexity index is 1150. The molecule has 0 radical (unpaired) electrons. The summed E-state index contributed by atoms with van der Waals surface area (Å²) in [5.74, 6) is 1.05. The highest BCUT2D eigenvalue weighted by Crippen LogP contribution is 2.28. The summed E-state index contributed by atoms with van der Waals surface area (Å²) in [6.45, 7) is 1.87. The molecule has 4 rings (SSSR count). The third-order valence-corrected chi connectivity index (χ3v) is 7.15. The molecule has 1 unspecified atom stereocenters. The van der Waals surface area contributed by atoms with Crippen LogP contribution in [-0.4, -0.2) is 56.0 Å². The molecule has 0 saturated carbocycles. The zero-order valence-corrected chi connectivity index (χ0v) is 18.0. The first-order chi connectivity index (χ1) is 14.9. The molecule has 1 aromatic heterocycles. The number of benzene rings is 2. The van der Waals surface area contributed by atoms with E-state index in [9.17, 15) is 12.8 Å². The smallest absolute Gasteiger partial charge is 0.231 e. The lowest BCUT2D eigenvalue weighted by atomic mass is 9.98. The van der Waals surface area contributed by atoms with Gasteiger partial charge in [-0.05, 0) is 49.7 Å². The van der Waals surface area contributed by atoms with Gasteiger partial charge in [-0.25, -0.2) is 12.8 Å². The topological polar surface area (TPSA) is 85.5 Å². The van der Waals surface area contributed by atoms with E-state index in [4.69, 9.17) is 9.26 Å². The minimum Gasteiger partial charge on any atom is -0.497 e. The van der Waals surface area contributed by atoms with Crippen molar-refractivity contribution in [3.63, 3.8) is 0 Å². The molecule has 0 aliphatic carbocycles. The van der Waals surface area contributed by atoms with Crippen LogP contribution in [0.1, 0.15) is 24.7 Å². The average Bonchev–Trinajstić information content (AvgIpc) is 3.29. The quantitative estimate of drug-likeness (QED) is 0.550. The van der Waals surface area contributed by atoms with E-state index in [-0.39, 0.29) is 22.4 Å². The Morgan fingerprint density at radius 2 is 2.06 bits per heavy atom. The highest BCUT2D eigenvalue weighted by atomic mass is 32.2. The standard InChI is InChI=1S/C22H24FN3O4S/c1-29-19-8-3-9-20(14-19)31(27,28)12-11-26-10-4-6-17(15-26)22-24-21(25-30-22)16-5-2-7-18(23)13-16/h2-3,5,7-9,13-14,17H,4,6,10-12,15H2,1H3. The van der Waals surface area contributed by atoms with Gasteiger partial charge in [0, 0.05) is 18.7 Å². The van der Waals surface area contributed by atoms with E-state index < -0.39 is 9.84 Å². The van der Waals surface area contributed by atoms with Crippen molar-refractivity contribution >= 4 is 9.84 Å². The highest BCUT2D eigenvalue weighted by Gasteiger charge is 2.27. The van der Waals surface area contributed by atoms with Gasteiger partial charge >= 0.3 is 0 Å². The first-order valence-corrected chi connectivity index (χ1v) is 11.8. The molecule has 0 spiro atoms. The lowest BCUT2D eigenvalue weighted by Crippen LogP contribution is -2.37. The van der Waals surface area contributed by atoms with Crippen molar-refractivity contribution in [2.24, 2.45) is 0 Å². The molecule has 0 N–H and O–H groups in total. The van der Waals surface area contributed by atoms with Gasteiger partial charge in [0.1, 0.15) is 11.6 Å². The van der Waals surface area contributed by atoms with Crippen LogP contribution in [0.25, 0.3) is 11.4 Å². The Balaban J connectivity index is 1.40. The van der Waals surface area contributed by atoms with Crippen molar-refractivity contribution in [2.75, 3.05) is 32.5 Å². The number of hydrogen-bond donors (Lipinski definition) is 0. The summed E-state index contributed by atoms with van der Waals surface area (Å²) in [6, 6.07) is 12.6. The molecule has 1 atom stereocenters. The maximum absolute atomic E-state index is 13.5. The van der Waals surface area contributed by atoms with Gasteiger partial charge in [-0.1, -0.05) is 23.4 Å². The number of hydrogen-bond acceptors (Lipinski definition) is 7. The zero-order valence-electron chi connectivity index (χ0n) is 17.2. The number of aromatic nitrogens is 2. The molecular formula is C22H24FN3O4S. The van der Waals surface area contributed by atoms with Crippen molar-refractivity contribution in [1.29, 1.82) is 0 Å². The molecule has 1 aliphatic heterocycles. The van der Waals surface area contributed by atoms with Gasteiger partial charge in [0.15, 0.2) is 9.84 Å². The summed E-state index contributed by atoms with van der Waals surface area (Å²) in [5, 5.41) is 3.99. The predicted octanol–water partition coefficient (Wildman–Crippen LogP) is 3.54. The van der Waals surface area contributed by atoms with Crippen LogP contribution in [0, 0.1) is 5.82 Å². The molecule has 164 valence electrons. The van der Waals surface area contributed by atoms with Crippen LogP contribution in [-0.2, 0) is 9.84 Å². The minimum atomic E-state index is -3.42. The Kier molecular flexibility index (Phi) is 6.33. The molecule has 1 aliphatic rings. The number of methoxy groups -OCH3 is 1. The number of halogens is 1. The van der Waals surface area contributed by atoms with Gasteiger partial charge < -0.3 is 14.2 Å². The fourth-order valence-corrected chi connectivity index (χ4v) is 5.08. The Hall–Kier alpha value is -2.78. The number of sulfone groups is 1. The molecule has 1 fully saturated rings. The van der Waals surface area contributed by atoms with Crippen LogP contribution in [0.15, 0.2) is 57.9 Å². The van der Waals surface area contributed by atoms with Crippen molar-refractivity contribution < 1.29 is 22.1 Å². The van der Waals surface area contributed by atoms with Crippen molar-refractivity contribution in [3.8, 4) is 17.1 Å². The van der Waals surface area contributed by atoms with Crippen LogP contribution >= 0.6 is 0 Å². The minimum absolute atomic E-state index is 0.0167. The molecule has 0 bridgehead atoms. The van der Waals surface area contributed by atoms with Gasteiger partial charge in [-0.15, -0.1) is 0 Å². The molecule has 1 saturated heterocycles. The van der Waals surface area contributed by atoms with E-state index in [1.54, 1.807) is 36.4 Å². The number of nitrogens with zero attached hydrogens (tertiary/aromatic N) is 3. The molecule has 2 heterocycles. The van der Waals surface area contributed by atoms with Crippen LogP contribution in [0.4, 0.5) is 4.39 Å². The number of likely N-dealkylation sites (tertiary alicyclic amines) is 1. The molecule has 0 amide bonds. The molecule has 31 heavy (non-hydrogen) atoms. The van der Waals surface area contributed by atoms with Gasteiger partial charge in [-0.2, -0.15) is 4.98 Å². The SMILES string of the molecule is COc1cccc(S(=O)(=O)CCN2CCCC(c3nc(-c4cccc(F)c4)no3)C2)c1. The molecule has 9 heteroatoms. The molecular weight excluding hydrogens is 421 g/mol. The lowest BCUT2D eigenvalue weighted by molar-refractivity contribution is 0.195. The molecule has 3 aromatic rings. The summed E-state index contributed by atoms with van der Waals surface area (Å²) >= 11 is 0. The molecule has 2 aromatic carbocycles. The van der Waals surface area contributed by atoms with Gasteiger partial charge in [-0.3, -0.25) is 0 Å². The fourth-order valence-electron chi connectivity index (χ4n) is 3.77. The predicted molar refractivity (Wildman–Crippen MR) is 113 cm³/mol. The first kappa shape index (κ1) is 21.5. The Morgan fingerprint density at radius 3 is 2.87 bits per heavy atom. The van der Waals surface area contributed by atoms with Crippen molar-refractivity contribution in [2.45, 2.75) is 23.7 Å². The van der Waals surface area contributed by atoms with Crippen LogP contribution < -0.4 is 4.74 Å². The van der Waals surface area contributed by atoms with Crippen LogP contribution in [0.3, 0.4) is 0 Å². The van der Waals surface area contributed by atoms with E-state index in [2.05, 4.69) is 15.0 Å². The van der Waals surface area contributed by atoms with Gasteiger partial charge in [0.2, 0.25) is 11.7 Å².